The highest BCUT2D eigenvalue weighted by atomic mass is 79.9. The van der Waals surface area contributed by atoms with Crippen molar-refractivity contribution in [3.05, 3.63) is 35.9 Å². The number of benzene rings is 1. The number of halogens is 4. The lowest BCUT2D eigenvalue weighted by Crippen LogP contribution is -2.29. The molecule has 0 saturated heterocycles. The molecule has 18 heavy (non-hydrogen) atoms. The summed E-state index contributed by atoms with van der Waals surface area (Å²) in [6.07, 6.45) is -4.84. The first-order valence-corrected chi connectivity index (χ1v) is 6.90. The van der Waals surface area contributed by atoms with Gasteiger partial charge in [0.2, 0.25) is 0 Å². The molecule has 0 radical (unpaired) electrons. The SMILES string of the molecule is CN(CCC(F)(F)F)CC(CBr)c1ccccc1. The van der Waals surface area contributed by atoms with Gasteiger partial charge in [0.25, 0.3) is 0 Å². The Labute approximate surface area is 114 Å². The molecule has 1 nitrogen and oxygen atoms in total. The minimum Gasteiger partial charge on any atom is -0.305 e. The summed E-state index contributed by atoms with van der Waals surface area (Å²) in [5.41, 5.74) is 1.15. The van der Waals surface area contributed by atoms with Crippen LogP contribution in [0.5, 0.6) is 0 Å². The monoisotopic (exact) mass is 323 g/mol. The fourth-order valence-electron chi connectivity index (χ4n) is 1.75. The largest absolute Gasteiger partial charge is 0.390 e. The second-order valence-corrected chi connectivity index (χ2v) is 5.04. The first-order chi connectivity index (χ1) is 8.42. The van der Waals surface area contributed by atoms with Gasteiger partial charge in [-0.2, -0.15) is 13.2 Å². The quantitative estimate of drug-likeness (QED) is 0.714. The molecular formula is C13H17BrF3N. The molecule has 5 heteroatoms. The number of alkyl halides is 4. The third kappa shape index (κ3) is 5.87. The van der Waals surface area contributed by atoms with Gasteiger partial charge in [-0.15, -0.1) is 0 Å². The Kier molecular flexibility index (Phi) is 6.15. The molecule has 0 N–H and O–H groups in total. The van der Waals surface area contributed by atoms with E-state index in [0.29, 0.717) is 6.54 Å². The Morgan fingerprint density at radius 3 is 2.33 bits per heavy atom. The van der Waals surface area contributed by atoms with Gasteiger partial charge in [0.05, 0.1) is 6.42 Å². The molecule has 0 aliphatic carbocycles. The van der Waals surface area contributed by atoms with Crippen molar-refractivity contribution in [1.82, 2.24) is 4.90 Å². The van der Waals surface area contributed by atoms with E-state index >= 15 is 0 Å². The van der Waals surface area contributed by atoms with E-state index in [0.717, 1.165) is 10.9 Å². The molecule has 0 aliphatic heterocycles. The molecule has 102 valence electrons. The van der Waals surface area contributed by atoms with Crippen LogP contribution in [-0.4, -0.2) is 36.5 Å². The van der Waals surface area contributed by atoms with Crippen molar-refractivity contribution in [2.75, 3.05) is 25.5 Å². The molecule has 0 saturated carbocycles. The lowest BCUT2D eigenvalue weighted by molar-refractivity contribution is -0.137. The molecule has 1 rings (SSSR count). The fraction of sp³-hybridized carbons (Fsp3) is 0.538. The summed E-state index contributed by atoms with van der Waals surface area (Å²) in [7, 11) is 1.73. The van der Waals surface area contributed by atoms with Crippen LogP contribution in [0.4, 0.5) is 13.2 Å². The topological polar surface area (TPSA) is 3.24 Å². The number of hydrogen-bond donors (Lipinski definition) is 0. The maximum absolute atomic E-state index is 12.1. The van der Waals surface area contributed by atoms with Gasteiger partial charge in [-0.05, 0) is 12.6 Å². The van der Waals surface area contributed by atoms with Crippen molar-refractivity contribution in [3.63, 3.8) is 0 Å². The zero-order chi connectivity index (χ0) is 13.6. The molecule has 0 fully saturated rings. The molecule has 1 atom stereocenters. The summed E-state index contributed by atoms with van der Waals surface area (Å²) < 4.78 is 36.4. The predicted molar refractivity (Wildman–Crippen MR) is 71.1 cm³/mol. The molecule has 1 aromatic carbocycles. The van der Waals surface area contributed by atoms with Gasteiger partial charge in [0.1, 0.15) is 0 Å². The second kappa shape index (κ2) is 7.14. The second-order valence-electron chi connectivity index (χ2n) is 4.39. The van der Waals surface area contributed by atoms with Gasteiger partial charge in [0, 0.05) is 24.3 Å². The maximum Gasteiger partial charge on any atom is 0.390 e. The Bertz CT molecular complexity index is 340. The molecule has 0 heterocycles. The Morgan fingerprint density at radius 2 is 1.83 bits per heavy atom. The first-order valence-electron chi connectivity index (χ1n) is 5.78. The number of rotatable bonds is 6. The van der Waals surface area contributed by atoms with Crippen molar-refractivity contribution in [1.29, 1.82) is 0 Å². The third-order valence-electron chi connectivity index (χ3n) is 2.77. The fourth-order valence-corrected chi connectivity index (χ4v) is 2.33. The lowest BCUT2D eigenvalue weighted by atomic mass is 10.0. The van der Waals surface area contributed by atoms with Crippen LogP contribution in [0.25, 0.3) is 0 Å². The summed E-state index contributed by atoms with van der Waals surface area (Å²) in [5.74, 6) is 0.212. The van der Waals surface area contributed by atoms with Gasteiger partial charge in [0.15, 0.2) is 0 Å². The highest BCUT2D eigenvalue weighted by Crippen LogP contribution is 2.22. The van der Waals surface area contributed by atoms with Gasteiger partial charge in [-0.1, -0.05) is 46.3 Å². The Balaban J connectivity index is 2.49. The molecule has 0 aliphatic rings. The number of hydrogen-bond acceptors (Lipinski definition) is 1. The van der Waals surface area contributed by atoms with Crippen LogP contribution in [0.2, 0.25) is 0 Å². The molecule has 0 spiro atoms. The molecular weight excluding hydrogens is 307 g/mol. The van der Waals surface area contributed by atoms with E-state index in [9.17, 15) is 13.2 Å². The molecule has 0 aromatic heterocycles. The Hall–Kier alpha value is -0.550. The minimum atomic E-state index is -4.08. The van der Waals surface area contributed by atoms with Crippen LogP contribution >= 0.6 is 15.9 Å². The average Bonchev–Trinajstić information content (AvgIpc) is 2.33. The van der Waals surface area contributed by atoms with Gasteiger partial charge >= 0.3 is 6.18 Å². The van der Waals surface area contributed by atoms with Crippen LogP contribution in [0.1, 0.15) is 17.9 Å². The number of nitrogens with zero attached hydrogens (tertiary/aromatic N) is 1. The standard InChI is InChI=1S/C13H17BrF3N/c1-18(8-7-13(15,16)17)10-12(9-14)11-5-3-2-4-6-11/h2-6,12H,7-10H2,1H3. The van der Waals surface area contributed by atoms with Crippen LogP contribution in [0, 0.1) is 0 Å². The van der Waals surface area contributed by atoms with Gasteiger partial charge < -0.3 is 4.90 Å². The van der Waals surface area contributed by atoms with Crippen molar-refractivity contribution in [2.24, 2.45) is 0 Å². The van der Waals surface area contributed by atoms with Crippen molar-refractivity contribution < 1.29 is 13.2 Å². The summed E-state index contributed by atoms with van der Waals surface area (Å²) in [6.45, 7) is 0.658. The third-order valence-corrected chi connectivity index (χ3v) is 3.55. The van der Waals surface area contributed by atoms with E-state index in [-0.39, 0.29) is 12.5 Å². The van der Waals surface area contributed by atoms with E-state index < -0.39 is 12.6 Å². The molecule has 0 amide bonds. The predicted octanol–water partition coefficient (Wildman–Crippen LogP) is 4.05. The van der Waals surface area contributed by atoms with E-state index in [1.165, 1.54) is 0 Å². The van der Waals surface area contributed by atoms with Crippen molar-refractivity contribution in [3.8, 4) is 0 Å². The van der Waals surface area contributed by atoms with E-state index in [1.807, 2.05) is 30.3 Å². The average molecular weight is 324 g/mol. The lowest BCUT2D eigenvalue weighted by Gasteiger charge is -2.23. The maximum atomic E-state index is 12.1. The molecule has 0 bridgehead atoms. The van der Waals surface area contributed by atoms with Gasteiger partial charge in [-0.25, -0.2) is 0 Å². The zero-order valence-corrected chi connectivity index (χ0v) is 11.8. The zero-order valence-electron chi connectivity index (χ0n) is 10.3. The van der Waals surface area contributed by atoms with E-state index in [4.69, 9.17) is 0 Å². The van der Waals surface area contributed by atoms with Crippen LogP contribution in [0.3, 0.4) is 0 Å². The normalized spacial score (nSPS) is 13.9. The highest BCUT2D eigenvalue weighted by Gasteiger charge is 2.27. The highest BCUT2D eigenvalue weighted by molar-refractivity contribution is 9.09. The van der Waals surface area contributed by atoms with E-state index in [2.05, 4.69) is 15.9 Å². The first kappa shape index (κ1) is 15.5. The van der Waals surface area contributed by atoms with Gasteiger partial charge in [-0.3, -0.25) is 0 Å². The van der Waals surface area contributed by atoms with Crippen LogP contribution in [0.15, 0.2) is 30.3 Å². The smallest absolute Gasteiger partial charge is 0.305 e. The van der Waals surface area contributed by atoms with Crippen molar-refractivity contribution in [2.45, 2.75) is 18.5 Å². The molecule has 1 aromatic rings. The summed E-state index contributed by atoms with van der Waals surface area (Å²) >= 11 is 3.42. The number of likely N-dealkylation sites (N-methyl/N-ethyl adjacent to an activating group) is 1. The summed E-state index contributed by atoms with van der Waals surface area (Å²) in [6, 6.07) is 9.83. The molecule has 1 unspecified atom stereocenters. The van der Waals surface area contributed by atoms with E-state index in [1.54, 1.807) is 11.9 Å². The van der Waals surface area contributed by atoms with Crippen LogP contribution in [-0.2, 0) is 0 Å². The Morgan fingerprint density at radius 1 is 1.22 bits per heavy atom. The minimum absolute atomic E-state index is 0.0415. The summed E-state index contributed by atoms with van der Waals surface area (Å²) in [5, 5.41) is 0.743. The van der Waals surface area contributed by atoms with Crippen molar-refractivity contribution >= 4 is 15.9 Å². The summed E-state index contributed by atoms with van der Waals surface area (Å²) in [4.78, 5) is 1.73. The van der Waals surface area contributed by atoms with Crippen LogP contribution < -0.4 is 0 Å².